The van der Waals surface area contributed by atoms with Crippen molar-refractivity contribution in [2.75, 3.05) is 19.8 Å². The van der Waals surface area contributed by atoms with Crippen molar-refractivity contribution in [3.05, 3.63) is 33.8 Å². The number of hydrogen-bond acceptors (Lipinski definition) is 2. The fraction of sp³-hybridized carbons (Fsp3) is 0.455. The SMILES string of the molecule is Brc1ccc2c(c1)C1(CNC2)COC1. The van der Waals surface area contributed by atoms with Crippen molar-refractivity contribution in [2.45, 2.75) is 12.0 Å². The minimum Gasteiger partial charge on any atom is -0.379 e. The first-order chi connectivity index (χ1) is 6.80. The highest BCUT2D eigenvalue weighted by atomic mass is 79.9. The molecule has 1 fully saturated rings. The van der Waals surface area contributed by atoms with E-state index in [4.69, 9.17) is 4.74 Å². The molecular weight excluding hydrogens is 242 g/mol. The number of ether oxygens (including phenoxy) is 1. The average molecular weight is 254 g/mol. The van der Waals surface area contributed by atoms with E-state index in [-0.39, 0.29) is 5.41 Å². The van der Waals surface area contributed by atoms with Crippen LogP contribution >= 0.6 is 15.9 Å². The second-order valence-corrected chi connectivity index (χ2v) is 5.09. The summed E-state index contributed by atoms with van der Waals surface area (Å²) >= 11 is 3.53. The molecule has 1 saturated heterocycles. The van der Waals surface area contributed by atoms with Gasteiger partial charge in [0.05, 0.1) is 18.6 Å². The molecule has 3 heteroatoms. The molecule has 0 bridgehead atoms. The van der Waals surface area contributed by atoms with Gasteiger partial charge in [0, 0.05) is 17.6 Å². The van der Waals surface area contributed by atoms with Gasteiger partial charge in [-0.05, 0) is 23.3 Å². The van der Waals surface area contributed by atoms with Gasteiger partial charge in [0.25, 0.3) is 0 Å². The van der Waals surface area contributed by atoms with E-state index in [1.807, 2.05) is 0 Å². The third-order valence-electron chi connectivity index (χ3n) is 3.18. The number of rotatable bonds is 0. The van der Waals surface area contributed by atoms with Crippen molar-refractivity contribution in [1.82, 2.24) is 5.32 Å². The quantitative estimate of drug-likeness (QED) is 0.762. The molecule has 1 spiro atoms. The standard InChI is InChI=1S/C11H12BrNO/c12-9-2-1-8-4-13-5-11(6-14-7-11)10(8)3-9/h1-3,13H,4-7H2. The maximum Gasteiger partial charge on any atom is 0.0598 e. The van der Waals surface area contributed by atoms with E-state index in [0.29, 0.717) is 0 Å². The van der Waals surface area contributed by atoms with Crippen LogP contribution in [0.2, 0.25) is 0 Å². The van der Waals surface area contributed by atoms with E-state index in [1.54, 1.807) is 0 Å². The van der Waals surface area contributed by atoms with Crippen LogP contribution in [0.1, 0.15) is 11.1 Å². The van der Waals surface area contributed by atoms with Gasteiger partial charge < -0.3 is 10.1 Å². The maximum atomic E-state index is 5.36. The van der Waals surface area contributed by atoms with Gasteiger partial charge in [-0.3, -0.25) is 0 Å². The Morgan fingerprint density at radius 2 is 2.21 bits per heavy atom. The molecule has 2 aliphatic heterocycles. The minimum absolute atomic E-state index is 0.261. The van der Waals surface area contributed by atoms with E-state index < -0.39 is 0 Å². The van der Waals surface area contributed by atoms with Crippen LogP contribution in [0.25, 0.3) is 0 Å². The second-order valence-electron chi connectivity index (χ2n) is 4.18. The lowest BCUT2D eigenvalue weighted by Gasteiger charge is -2.45. The third-order valence-corrected chi connectivity index (χ3v) is 3.67. The van der Waals surface area contributed by atoms with Gasteiger partial charge in [0.1, 0.15) is 0 Å². The molecule has 0 radical (unpaired) electrons. The molecule has 3 rings (SSSR count). The maximum absolute atomic E-state index is 5.36. The van der Waals surface area contributed by atoms with Gasteiger partial charge in [-0.1, -0.05) is 22.0 Å². The molecule has 1 N–H and O–H groups in total. The monoisotopic (exact) mass is 253 g/mol. The number of halogens is 1. The molecule has 2 aliphatic rings. The number of nitrogens with one attached hydrogen (secondary N) is 1. The fourth-order valence-electron chi connectivity index (χ4n) is 2.33. The summed E-state index contributed by atoms with van der Waals surface area (Å²) in [4.78, 5) is 0. The summed E-state index contributed by atoms with van der Waals surface area (Å²) in [7, 11) is 0. The molecule has 0 unspecified atom stereocenters. The van der Waals surface area contributed by atoms with Gasteiger partial charge in [-0.15, -0.1) is 0 Å². The molecule has 0 amide bonds. The lowest BCUT2D eigenvalue weighted by Crippen LogP contribution is -2.56. The summed E-state index contributed by atoms with van der Waals surface area (Å²) in [5.41, 5.74) is 3.15. The Kier molecular flexibility index (Phi) is 1.94. The van der Waals surface area contributed by atoms with Gasteiger partial charge >= 0.3 is 0 Å². The largest absolute Gasteiger partial charge is 0.379 e. The summed E-state index contributed by atoms with van der Waals surface area (Å²) in [6, 6.07) is 6.56. The molecule has 74 valence electrons. The molecular formula is C11H12BrNO. The third kappa shape index (κ3) is 1.16. The van der Waals surface area contributed by atoms with E-state index in [1.165, 1.54) is 15.6 Å². The van der Waals surface area contributed by atoms with Crippen molar-refractivity contribution in [1.29, 1.82) is 0 Å². The van der Waals surface area contributed by atoms with Crippen LogP contribution in [-0.4, -0.2) is 19.8 Å². The lowest BCUT2D eigenvalue weighted by atomic mass is 9.74. The van der Waals surface area contributed by atoms with Gasteiger partial charge in [-0.25, -0.2) is 0 Å². The van der Waals surface area contributed by atoms with Crippen LogP contribution in [0, 0.1) is 0 Å². The molecule has 1 aromatic rings. The van der Waals surface area contributed by atoms with Crippen molar-refractivity contribution < 1.29 is 4.74 Å². The Balaban J connectivity index is 2.12. The second kappa shape index (κ2) is 3.05. The highest BCUT2D eigenvalue weighted by Gasteiger charge is 2.43. The summed E-state index contributed by atoms with van der Waals surface area (Å²) in [5, 5.41) is 3.46. The topological polar surface area (TPSA) is 21.3 Å². The zero-order valence-electron chi connectivity index (χ0n) is 7.85. The van der Waals surface area contributed by atoms with Gasteiger partial charge in [0.2, 0.25) is 0 Å². The minimum atomic E-state index is 0.261. The smallest absolute Gasteiger partial charge is 0.0598 e. The molecule has 0 atom stereocenters. The predicted octanol–water partition coefficient (Wildman–Crippen LogP) is 1.82. The number of hydrogen-bond donors (Lipinski definition) is 1. The van der Waals surface area contributed by atoms with Crippen LogP contribution in [0.15, 0.2) is 22.7 Å². The Hall–Kier alpha value is -0.380. The predicted molar refractivity (Wildman–Crippen MR) is 58.3 cm³/mol. The Bertz CT molecular complexity index is 374. The highest BCUT2D eigenvalue weighted by molar-refractivity contribution is 9.10. The van der Waals surface area contributed by atoms with Crippen LogP contribution in [-0.2, 0) is 16.7 Å². The molecule has 14 heavy (non-hydrogen) atoms. The summed E-state index contributed by atoms with van der Waals surface area (Å²) in [6.07, 6.45) is 0. The van der Waals surface area contributed by atoms with Crippen LogP contribution < -0.4 is 5.32 Å². The molecule has 0 saturated carbocycles. The Labute approximate surface area is 91.8 Å². The van der Waals surface area contributed by atoms with Crippen LogP contribution in [0.4, 0.5) is 0 Å². The summed E-state index contributed by atoms with van der Waals surface area (Å²) in [6.45, 7) is 3.77. The average Bonchev–Trinajstić information content (AvgIpc) is 2.14. The molecule has 1 aromatic carbocycles. The Morgan fingerprint density at radius 1 is 1.36 bits per heavy atom. The number of fused-ring (bicyclic) bond motifs is 2. The molecule has 2 heterocycles. The summed E-state index contributed by atoms with van der Waals surface area (Å²) in [5.74, 6) is 0. The molecule has 0 aliphatic carbocycles. The van der Waals surface area contributed by atoms with Crippen molar-refractivity contribution in [3.8, 4) is 0 Å². The molecule has 0 aromatic heterocycles. The molecule has 2 nitrogen and oxygen atoms in total. The normalized spacial score (nSPS) is 22.9. The Morgan fingerprint density at radius 3 is 2.93 bits per heavy atom. The number of benzene rings is 1. The van der Waals surface area contributed by atoms with Crippen molar-refractivity contribution in [2.24, 2.45) is 0 Å². The van der Waals surface area contributed by atoms with E-state index in [0.717, 1.165) is 26.3 Å². The lowest BCUT2D eigenvalue weighted by molar-refractivity contribution is -0.0625. The van der Waals surface area contributed by atoms with E-state index >= 15 is 0 Å². The first-order valence-corrected chi connectivity index (χ1v) is 5.67. The first-order valence-electron chi connectivity index (χ1n) is 4.88. The summed E-state index contributed by atoms with van der Waals surface area (Å²) < 4.78 is 6.53. The zero-order valence-corrected chi connectivity index (χ0v) is 9.43. The van der Waals surface area contributed by atoms with E-state index in [2.05, 4.69) is 39.4 Å². The zero-order chi connectivity index (χ0) is 9.60. The highest BCUT2D eigenvalue weighted by Crippen LogP contribution is 2.37. The van der Waals surface area contributed by atoms with Crippen molar-refractivity contribution in [3.63, 3.8) is 0 Å². The van der Waals surface area contributed by atoms with Crippen molar-refractivity contribution >= 4 is 15.9 Å². The van der Waals surface area contributed by atoms with Gasteiger partial charge in [-0.2, -0.15) is 0 Å². The van der Waals surface area contributed by atoms with E-state index in [9.17, 15) is 0 Å². The fourth-order valence-corrected chi connectivity index (χ4v) is 2.70. The van der Waals surface area contributed by atoms with Gasteiger partial charge in [0.15, 0.2) is 0 Å². The van der Waals surface area contributed by atoms with Crippen LogP contribution in [0.5, 0.6) is 0 Å². The first kappa shape index (κ1) is 8.89. The van der Waals surface area contributed by atoms with Crippen LogP contribution in [0.3, 0.4) is 0 Å².